The SMILES string of the molecule is COc1cc(-c2cc3c4c(ccc3[nH]2)[C@@H](N)[C@@H](F)C4)cc(CO)n1. The van der Waals surface area contributed by atoms with Crippen LogP contribution in [0.4, 0.5) is 4.39 Å². The summed E-state index contributed by atoms with van der Waals surface area (Å²) in [5, 5.41) is 10.4. The Kier molecular flexibility index (Phi) is 3.51. The van der Waals surface area contributed by atoms with E-state index in [4.69, 9.17) is 10.5 Å². The smallest absolute Gasteiger partial charge is 0.213 e. The molecular weight excluding hydrogens is 309 g/mol. The van der Waals surface area contributed by atoms with Crippen molar-refractivity contribution in [3.8, 4) is 17.1 Å². The number of nitrogens with zero attached hydrogens (tertiary/aromatic N) is 1. The van der Waals surface area contributed by atoms with Crippen molar-refractivity contribution >= 4 is 10.9 Å². The van der Waals surface area contributed by atoms with E-state index in [-0.39, 0.29) is 6.61 Å². The summed E-state index contributed by atoms with van der Waals surface area (Å²) in [6.45, 7) is -0.168. The number of H-pyrrole nitrogens is 1. The van der Waals surface area contributed by atoms with E-state index >= 15 is 0 Å². The number of nitrogens with two attached hydrogens (primary N) is 1. The summed E-state index contributed by atoms with van der Waals surface area (Å²) in [7, 11) is 1.54. The lowest BCUT2D eigenvalue weighted by Crippen LogP contribution is -2.17. The number of aliphatic hydroxyl groups excluding tert-OH is 1. The zero-order chi connectivity index (χ0) is 16.8. The Balaban J connectivity index is 1.86. The number of aromatic nitrogens is 2. The van der Waals surface area contributed by atoms with Crippen molar-refractivity contribution in [1.82, 2.24) is 9.97 Å². The van der Waals surface area contributed by atoms with Crippen LogP contribution in [0.5, 0.6) is 5.88 Å². The Morgan fingerprint density at radius 2 is 2.21 bits per heavy atom. The van der Waals surface area contributed by atoms with Crippen molar-refractivity contribution in [3.63, 3.8) is 0 Å². The molecule has 2 aromatic heterocycles. The molecule has 3 aromatic rings. The molecule has 1 aromatic carbocycles. The van der Waals surface area contributed by atoms with E-state index in [9.17, 15) is 9.50 Å². The number of hydrogen-bond acceptors (Lipinski definition) is 4. The van der Waals surface area contributed by atoms with Gasteiger partial charge in [0.15, 0.2) is 0 Å². The molecule has 0 radical (unpaired) electrons. The van der Waals surface area contributed by atoms with Crippen LogP contribution in [0.3, 0.4) is 0 Å². The molecule has 0 amide bonds. The average Bonchev–Trinajstić information content (AvgIpc) is 3.16. The van der Waals surface area contributed by atoms with Gasteiger partial charge in [-0.1, -0.05) is 6.07 Å². The van der Waals surface area contributed by atoms with Gasteiger partial charge in [-0.2, -0.15) is 0 Å². The van der Waals surface area contributed by atoms with Gasteiger partial charge in [0, 0.05) is 34.6 Å². The zero-order valence-corrected chi connectivity index (χ0v) is 13.2. The quantitative estimate of drug-likeness (QED) is 0.690. The number of alkyl halides is 1. The molecule has 0 saturated heterocycles. The molecule has 1 aliphatic rings. The van der Waals surface area contributed by atoms with Crippen molar-refractivity contribution in [2.45, 2.75) is 25.2 Å². The van der Waals surface area contributed by atoms with Gasteiger partial charge in [-0.15, -0.1) is 0 Å². The van der Waals surface area contributed by atoms with Gasteiger partial charge in [0.2, 0.25) is 5.88 Å². The highest BCUT2D eigenvalue weighted by atomic mass is 19.1. The first-order valence-electron chi connectivity index (χ1n) is 7.81. The van der Waals surface area contributed by atoms with Gasteiger partial charge < -0.3 is 20.6 Å². The number of nitrogens with one attached hydrogen (secondary N) is 1. The Morgan fingerprint density at radius 3 is 2.96 bits per heavy atom. The number of pyridine rings is 1. The molecule has 124 valence electrons. The van der Waals surface area contributed by atoms with Crippen LogP contribution in [-0.4, -0.2) is 28.4 Å². The van der Waals surface area contributed by atoms with E-state index in [0.717, 1.165) is 33.3 Å². The molecule has 4 N–H and O–H groups in total. The maximum Gasteiger partial charge on any atom is 0.213 e. The number of rotatable bonds is 3. The lowest BCUT2D eigenvalue weighted by atomic mass is 10.0. The van der Waals surface area contributed by atoms with Gasteiger partial charge >= 0.3 is 0 Å². The zero-order valence-electron chi connectivity index (χ0n) is 13.2. The largest absolute Gasteiger partial charge is 0.481 e. The highest BCUT2D eigenvalue weighted by Crippen LogP contribution is 2.38. The van der Waals surface area contributed by atoms with E-state index in [2.05, 4.69) is 9.97 Å². The van der Waals surface area contributed by atoms with Gasteiger partial charge in [-0.3, -0.25) is 0 Å². The van der Waals surface area contributed by atoms with Crippen molar-refractivity contribution < 1.29 is 14.2 Å². The minimum absolute atomic E-state index is 0.168. The Morgan fingerprint density at radius 1 is 1.38 bits per heavy atom. The van der Waals surface area contributed by atoms with Gasteiger partial charge in [0.05, 0.1) is 25.5 Å². The van der Waals surface area contributed by atoms with E-state index in [0.29, 0.717) is 18.0 Å². The molecule has 6 heteroatoms. The standard InChI is InChI=1S/C18H18FN3O2/c1-24-17-5-9(4-10(8-23)21-17)16-7-13-12-6-14(19)18(20)11(12)2-3-15(13)22-16/h2-5,7,14,18,22-23H,6,8,20H2,1H3/t14-,18+/m0/s1. The lowest BCUT2D eigenvalue weighted by Gasteiger charge is -2.06. The summed E-state index contributed by atoms with van der Waals surface area (Å²) in [6.07, 6.45) is -0.696. The van der Waals surface area contributed by atoms with Gasteiger partial charge in [0.1, 0.15) is 6.17 Å². The Bertz CT molecular complexity index is 900. The fourth-order valence-corrected chi connectivity index (χ4v) is 3.39. The monoisotopic (exact) mass is 327 g/mol. The first-order valence-corrected chi connectivity index (χ1v) is 7.81. The number of benzene rings is 1. The van der Waals surface area contributed by atoms with Crippen LogP contribution < -0.4 is 10.5 Å². The van der Waals surface area contributed by atoms with Crippen LogP contribution in [0.25, 0.3) is 22.2 Å². The molecule has 4 rings (SSSR count). The third-order valence-corrected chi connectivity index (χ3v) is 4.64. The molecule has 0 fully saturated rings. The topological polar surface area (TPSA) is 84.2 Å². The van der Waals surface area contributed by atoms with Crippen LogP contribution in [0.2, 0.25) is 0 Å². The summed E-state index contributed by atoms with van der Waals surface area (Å²) >= 11 is 0. The minimum atomic E-state index is -1.04. The molecule has 2 heterocycles. The third-order valence-electron chi connectivity index (χ3n) is 4.64. The molecule has 24 heavy (non-hydrogen) atoms. The van der Waals surface area contributed by atoms with Crippen LogP contribution in [-0.2, 0) is 13.0 Å². The Hall–Kier alpha value is -2.44. The van der Waals surface area contributed by atoms with Crippen LogP contribution in [0.15, 0.2) is 30.3 Å². The maximum atomic E-state index is 14.0. The first kappa shape index (κ1) is 15.1. The summed E-state index contributed by atoms with van der Waals surface area (Å²) in [6, 6.07) is 8.87. The van der Waals surface area contributed by atoms with Gasteiger partial charge in [-0.25, -0.2) is 9.37 Å². The van der Waals surface area contributed by atoms with E-state index < -0.39 is 12.2 Å². The minimum Gasteiger partial charge on any atom is -0.481 e. The number of methoxy groups -OCH3 is 1. The second kappa shape index (κ2) is 5.58. The number of aromatic amines is 1. The lowest BCUT2D eigenvalue weighted by molar-refractivity contribution is 0.274. The molecule has 0 spiro atoms. The van der Waals surface area contributed by atoms with Crippen LogP contribution in [0, 0.1) is 0 Å². The molecule has 0 saturated carbocycles. The predicted octanol–water partition coefficient (Wildman–Crippen LogP) is 2.62. The van der Waals surface area contributed by atoms with E-state index in [1.807, 2.05) is 18.2 Å². The van der Waals surface area contributed by atoms with Crippen molar-refractivity contribution in [3.05, 3.63) is 47.2 Å². The summed E-state index contributed by atoms with van der Waals surface area (Å²) in [5.74, 6) is 0.436. The number of ether oxygens (including phenoxy) is 1. The average molecular weight is 327 g/mol. The van der Waals surface area contributed by atoms with Gasteiger partial charge in [-0.05, 0) is 29.3 Å². The molecule has 0 unspecified atom stereocenters. The molecular formula is C18H18FN3O2. The normalized spacial score (nSPS) is 19.7. The number of fused-ring (bicyclic) bond motifs is 3. The van der Waals surface area contributed by atoms with Crippen molar-refractivity contribution in [1.29, 1.82) is 0 Å². The van der Waals surface area contributed by atoms with Crippen LogP contribution >= 0.6 is 0 Å². The van der Waals surface area contributed by atoms with Crippen LogP contribution in [0.1, 0.15) is 22.9 Å². The van der Waals surface area contributed by atoms with E-state index in [1.165, 1.54) is 7.11 Å². The first-order chi connectivity index (χ1) is 11.6. The highest BCUT2D eigenvalue weighted by molar-refractivity contribution is 5.90. The number of aliphatic hydroxyl groups is 1. The molecule has 0 aliphatic heterocycles. The van der Waals surface area contributed by atoms with Crippen molar-refractivity contribution in [2.24, 2.45) is 5.73 Å². The summed E-state index contributed by atoms with van der Waals surface area (Å²) in [4.78, 5) is 7.52. The number of hydrogen-bond donors (Lipinski definition) is 3. The molecule has 0 bridgehead atoms. The second-order valence-electron chi connectivity index (χ2n) is 6.07. The van der Waals surface area contributed by atoms with Gasteiger partial charge in [0.25, 0.3) is 0 Å². The fraction of sp³-hybridized carbons (Fsp3) is 0.278. The summed E-state index contributed by atoms with van der Waals surface area (Å²) < 4.78 is 19.2. The molecule has 2 atom stereocenters. The highest BCUT2D eigenvalue weighted by Gasteiger charge is 2.31. The maximum absolute atomic E-state index is 14.0. The fourth-order valence-electron chi connectivity index (χ4n) is 3.39. The molecule has 1 aliphatic carbocycles. The summed E-state index contributed by atoms with van der Waals surface area (Å²) in [5.41, 5.74) is 11.0. The van der Waals surface area contributed by atoms with Crippen molar-refractivity contribution in [2.75, 3.05) is 7.11 Å². The van der Waals surface area contributed by atoms with E-state index in [1.54, 1.807) is 12.1 Å². The number of halogens is 1. The third kappa shape index (κ3) is 2.26. The second-order valence-corrected chi connectivity index (χ2v) is 6.07. The molecule has 5 nitrogen and oxygen atoms in total. The Labute approximate surface area is 138 Å². The predicted molar refractivity (Wildman–Crippen MR) is 89.5 cm³/mol.